The molecule has 0 aliphatic carbocycles. The molecule has 0 spiro atoms. The number of rotatable bonds is 5. The molecule has 1 saturated heterocycles. The summed E-state index contributed by atoms with van der Waals surface area (Å²) < 4.78 is 23.1. The molecule has 0 saturated carbocycles. The Morgan fingerprint density at radius 3 is 1.89 bits per heavy atom. The summed E-state index contributed by atoms with van der Waals surface area (Å²) in [6.07, 6.45) is 0.543. The van der Waals surface area contributed by atoms with Gasteiger partial charge in [-0.15, -0.1) is 0 Å². The van der Waals surface area contributed by atoms with Gasteiger partial charge in [0.2, 0.25) is 5.91 Å². The van der Waals surface area contributed by atoms with E-state index in [1.54, 1.807) is 11.8 Å². The van der Waals surface area contributed by atoms with Gasteiger partial charge in [0.15, 0.2) is 0 Å². The summed E-state index contributed by atoms with van der Waals surface area (Å²) in [5.74, 6) is -0.448. The fraction of sp³-hybridized carbons (Fsp3) is 0.846. The molecule has 5 nitrogen and oxygen atoms in total. The van der Waals surface area contributed by atoms with Crippen molar-refractivity contribution >= 4 is 21.5 Å². The first kappa shape index (κ1) is 16.1. The largest absolute Gasteiger partial charge is 0.342 e. The van der Waals surface area contributed by atoms with Crippen molar-refractivity contribution < 1.29 is 18.0 Å². The van der Waals surface area contributed by atoms with Crippen molar-refractivity contribution in [1.29, 1.82) is 0 Å². The van der Waals surface area contributed by atoms with Gasteiger partial charge in [0, 0.05) is 19.5 Å². The Bertz CT molecular complexity index is 437. The maximum Gasteiger partial charge on any atom is 0.236 e. The van der Waals surface area contributed by atoms with E-state index < -0.39 is 15.3 Å². The number of ketones is 1. The molecule has 1 heterocycles. The van der Waals surface area contributed by atoms with Crippen LogP contribution in [0.3, 0.4) is 0 Å². The fourth-order valence-corrected chi connectivity index (χ4v) is 4.17. The number of hydrogen-bond acceptors (Lipinski definition) is 4. The number of hydrogen-bond donors (Lipinski definition) is 0. The first-order valence-electron chi connectivity index (χ1n) is 6.86. The van der Waals surface area contributed by atoms with E-state index in [0.29, 0.717) is 13.1 Å². The Balaban J connectivity index is 3.09. The highest BCUT2D eigenvalue weighted by atomic mass is 32.2. The third-order valence-electron chi connectivity index (χ3n) is 3.99. The molecule has 19 heavy (non-hydrogen) atoms. The monoisotopic (exact) mass is 289 g/mol. The molecule has 0 unspecified atom stereocenters. The topological polar surface area (TPSA) is 71.5 Å². The molecule has 110 valence electrons. The fourth-order valence-electron chi connectivity index (χ4n) is 2.65. The molecule has 0 N–H and O–H groups in total. The van der Waals surface area contributed by atoms with Gasteiger partial charge < -0.3 is 4.90 Å². The summed E-state index contributed by atoms with van der Waals surface area (Å²) in [4.78, 5) is 26.5. The molecule has 1 amide bonds. The highest BCUT2D eigenvalue weighted by Crippen LogP contribution is 2.36. The first-order valence-corrected chi connectivity index (χ1v) is 8.68. The maximum atomic E-state index is 12.6. The number of carbonyl (C=O) groups is 2. The van der Waals surface area contributed by atoms with E-state index in [4.69, 9.17) is 0 Å². The molecule has 0 aromatic heterocycles. The molecule has 1 rings (SSSR count). The van der Waals surface area contributed by atoms with Crippen LogP contribution in [0, 0.1) is 5.41 Å². The second-order valence-corrected chi connectivity index (χ2v) is 7.29. The normalized spacial score (nSPS) is 20.8. The van der Waals surface area contributed by atoms with Crippen LogP contribution < -0.4 is 0 Å². The van der Waals surface area contributed by atoms with Crippen molar-refractivity contribution in [3.63, 3.8) is 0 Å². The second kappa shape index (κ2) is 6.03. The standard InChI is InChI=1S/C13H23NO4S/c1-4-11(15)13(12(16)14(5-2)6-3)7-9-19(17,18)10-8-13/h4-10H2,1-3H3. The van der Waals surface area contributed by atoms with Crippen molar-refractivity contribution in [2.75, 3.05) is 24.6 Å². The van der Waals surface area contributed by atoms with Gasteiger partial charge in [-0.05, 0) is 26.7 Å². The van der Waals surface area contributed by atoms with Crippen molar-refractivity contribution in [3.8, 4) is 0 Å². The minimum absolute atomic E-state index is 0.0637. The van der Waals surface area contributed by atoms with Crippen LogP contribution in [0.5, 0.6) is 0 Å². The summed E-state index contributed by atoms with van der Waals surface area (Å²) in [6.45, 7) is 6.54. The Labute approximate surface area is 115 Å². The van der Waals surface area contributed by atoms with Crippen LogP contribution in [0.15, 0.2) is 0 Å². The average Bonchev–Trinajstić information content (AvgIpc) is 2.39. The van der Waals surface area contributed by atoms with Crippen LogP contribution in [0.1, 0.15) is 40.0 Å². The molecule has 1 fully saturated rings. The average molecular weight is 289 g/mol. The predicted octanol–water partition coefficient (Wildman–Crippen LogP) is 1.03. The van der Waals surface area contributed by atoms with Crippen molar-refractivity contribution in [2.45, 2.75) is 40.0 Å². The van der Waals surface area contributed by atoms with Gasteiger partial charge in [0.25, 0.3) is 0 Å². The van der Waals surface area contributed by atoms with Gasteiger partial charge in [0.1, 0.15) is 21.0 Å². The molecule has 0 atom stereocenters. The van der Waals surface area contributed by atoms with E-state index in [9.17, 15) is 18.0 Å². The van der Waals surface area contributed by atoms with E-state index in [0.717, 1.165) is 0 Å². The SMILES string of the molecule is CCC(=O)C1(C(=O)N(CC)CC)CCS(=O)(=O)CC1. The zero-order valence-corrected chi connectivity index (χ0v) is 12.8. The van der Waals surface area contributed by atoms with Crippen molar-refractivity contribution in [3.05, 3.63) is 0 Å². The molecule has 0 aromatic carbocycles. The Morgan fingerprint density at radius 1 is 1.05 bits per heavy atom. The van der Waals surface area contributed by atoms with E-state index in [1.165, 1.54) is 0 Å². The molecule has 6 heteroatoms. The van der Waals surface area contributed by atoms with Gasteiger partial charge in [-0.3, -0.25) is 9.59 Å². The number of sulfone groups is 1. The van der Waals surface area contributed by atoms with Gasteiger partial charge in [0.05, 0.1) is 11.5 Å². The Hall–Kier alpha value is -0.910. The summed E-state index contributed by atoms with van der Waals surface area (Å²) in [5, 5.41) is 0. The lowest BCUT2D eigenvalue weighted by Gasteiger charge is -2.37. The Kier molecular flexibility index (Phi) is 5.12. The highest BCUT2D eigenvalue weighted by molar-refractivity contribution is 7.91. The minimum Gasteiger partial charge on any atom is -0.342 e. The summed E-state index contributed by atoms with van der Waals surface area (Å²) in [7, 11) is -3.09. The van der Waals surface area contributed by atoms with E-state index >= 15 is 0 Å². The summed E-state index contributed by atoms with van der Waals surface area (Å²) in [5.41, 5.74) is -1.11. The van der Waals surface area contributed by atoms with Crippen LogP contribution >= 0.6 is 0 Å². The van der Waals surface area contributed by atoms with Gasteiger partial charge in [-0.2, -0.15) is 0 Å². The zero-order chi connectivity index (χ0) is 14.7. The summed E-state index contributed by atoms with van der Waals surface area (Å²) >= 11 is 0. The number of carbonyl (C=O) groups excluding carboxylic acids is 2. The van der Waals surface area contributed by atoms with Crippen LogP contribution in [-0.2, 0) is 19.4 Å². The molecule has 1 aliphatic heterocycles. The minimum atomic E-state index is -3.09. The zero-order valence-electron chi connectivity index (χ0n) is 11.9. The third kappa shape index (κ3) is 3.16. The van der Waals surface area contributed by atoms with E-state index in [-0.39, 0.29) is 42.5 Å². The molecule has 0 radical (unpaired) electrons. The highest BCUT2D eigenvalue weighted by Gasteiger charge is 2.49. The second-order valence-electron chi connectivity index (χ2n) is 4.99. The number of nitrogens with zero attached hydrogens (tertiary/aromatic N) is 1. The van der Waals surface area contributed by atoms with Crippen LogP contribution in [0.25, 0.3) is 0 Å². The quantitative estimate of drug-likeness (QED) is 0.709. The van der Waals surface area contributed by atoms with Crippen molar-refractivity contribution in [2.24, 2.45) is 5.41 Å². The van der Waals surface area contributed by atoms with Gasteiger partial charge in [-0.25, -0.2) is 8.42 Å². The van der Waals surface area contributed by atoms with Gasteiger partial charge in [-0.1, -0.05) is 6.92 Å². The van der Waals surface area contributed by atoms with Gasteiger partial charge >= 0.3 is 0 Å². The lowest BCUT2D eigenvalue weighted by Crippen LogP contribution is -2.52. The number of amides is 1. The Morgan fingerprint density at radius 2 is 1.53 bits per heavy atom. The van der Waals surface area contributed by atoms with Crippen LogP contribution in [0.2, 0.25) is 0 Å². The van der Waals surface area contributed by atoms with Crippen LogP contribution in [0.4, 0.5) is 0 Å². The molecular weight excluding hydrogens is 266 g/mol. The molecule has 0 bridgehead atoms. The maximum absolute atomic E-state index is 12.6. The smallest absolute Gasteiger partial charge is 0.236 e. The van der Waals surface area contributed by atoms with Crippen molar-refractivity contribution in [1.82, 2.24) is 4.90 Å². The molecular formula is C13H23NO4S. The third-order valence-corrected chi connectivity index (χ3v) is 5.65. The summed E-state index contributed by atoms with van der Waals surface area (Å²) in [6, 6.07) is 0. The number of Topliss-reactive ketones (excluding diaryl/α,β-unsaturated/α-hetero) is 1. The first-order chi connectivity index (χ1) is 8.83. The molecule has 1 aliphatic rings. The molecule has 0 aromatic rings. The van der Waals surface area contributed by atoms with Crippen LogP contribution in [-0.4, -0.2) is 49.6 Å². The lowest BCUT2D eigenvalue weighted by atomic mass is 9.75. The predicted molar refractivity (Wildman–Crippen MR) is 73.5 cm³/mol. The van der Waals surface area contributed by atoms with E-state index in [1.807, 2.05) is 13.8 Å². The van der Waals surface area contributed by atoms with E-state index in [2.05, 4.69) is 0 Å². The lowest BCUT2D eigenvalue weighted by molar-refractivity contribution is -0.150.